The van der Waals surface area contributed by atoms with E-state index in [2.05, 4.69) is 4.74 Å². The first-order valence-corrected chi connectivity index (χ1v) is 4.57. The van der Waals surface area contributed by atoms with Crippen molar-refractivity contribution < 1.29 is 39.8 Å². The molecule has 16 heavy (non-hydrogen) atoms. The van der Waals surface area contributed by atoms with Crippen LogP contribution in [0, 0.1) is 0 Å². The van der Waals surface area contributed by atoms with E-state index in [1.54, 1.807) is 0 Å². The van der Waals surface area contributed by atoms with Gasteiger partial charge >= 0.3 is 5.97 Å². The van der Waals surface area contributed by atoms with Crippen molar-refractivity contribution in [2.24, 2.45) is 0 Å². The fourth-order valence-corrected chi connectivity index (χ4v) is 1.42. The van der Waals surface area contributed by atoms with Crippen LogP contribution in [0.25, 0.3) is 0 Å². The highest BCUT2D eigenvalue weighted by molar-refractivity contribution is 5.67. The predicted octanol–water partition coefficient (Wildman–Crippen LogP) is -3.11. The number of aliphatic hydroxyl groups excluding tert-OH is 3. The normalized spacial score (nSPS) is 38.9. The molecule has 94 valence electrons. The Kier molecular flexibility index (Phi) is 4.19. The summed E-state index contributed by atoms with van der Waals surface area (Å²) < 4.78 is 9.36. The number of carboxylic acid groups (broad SMARTS) is 1. The summed E-state index contributed by atoms with van der Waals surface area (Å²) in [4.78, 5) is 10.1. The van der Waals surface area contributed by atoms with E-state index in [9.17, 15) is 20.1 Å². The maximum Gasteiger partial charge on any atom is 0.329 e. The molecule has 8 heteroatoms. The summed E-state index contributed by atoms with van der Waals surface area (Å²) in [7, 11) is 0. The minimum absolute atomic E-state index is 0.584. The molecule has 1 fully saturated rings. The van der Waals surface area contributed by atoms with E-state index in [1.165, 1.54) is 0 Å². The Bertz CT molecular complexity index is 256. The van der Waals surface area contributed by atoms with Gasteiger partial charge in [0.2, 0.25) is 5.79 Å². The van der Waals surface area contributed by atoms with Crippen LogP contribution in [0.4, 0.5) is 0 Å². The van der Waals surface area contributed by atoms with Crippen LogP contribution >= 0.6 is 0 Å². The summed E-state index contributed by atoms with van der Waals surface area (Å²) in [6, 6.07) is 0. The third kappa shape index (κ3) is 2.67. The summed E-state index contributed by atoms with van der Waals surface area (Å²) in [6.07, 6.45) is -4.25. The first-order chi connectivity index (χ1) is 7.40. The van der Waals surface area contributed by atoms with Crippen molar-refractivity contribution in [1.82, 2.24) is 0 Å². The van der Waals surface area contributed by atoms with Crippen LogP contribution in [-0.4, -0.2) is 75.4 Å². The molecule has 5 N–H and O–H groups in total. The molecule has 0 bridgehead atoms. The monoisotopic (exact) mass is 238 g/mol. The molecule has 0 unspecified atom stereocenters. The van der Waals surface area contributed by atoms with Gasteiger partial charge in [0.1, 0.15) is 31.5 Å². The molecular formula is C8H14O8. The number of ether oxygens (including phenoxy) is 2. The molecule has 1 saturated heterocycles. The molecule has 0 aliphatic carbocycles. The zero-order valence-corrected chi connectivity index (χ0v) is 8.31. The van der Waals surface area contributed by atoms with Gasteiger partial charge in [-0.25, -0.2) is 4.79 Å². The molecular weight excluding hydrogens is 224 g/mol. The third-order valence-corrected chi connectivity index (χ3v) is 2.24. The predicted molar refractivity (Wildman–Crippen MR) is 47.4 cm³/mol. The molecule has 0 aromatic carbocycles. The molecule has 8 nitrogen and oxygen atoms in total. The molecule has 1 aliphatic rings. The second-order valence-electron chi connectivity index (χ2n) is 3.51. The average molecular weight is 238 g/mol. The third-order valence-electron chi connectivity index (χ3n) is 2.24. The smallest absolute Gasteiger partial charge is 0.329 e. The lowest BCUT2D eigenvalue weighted by molar-refractivity contribution is -0.255. The standard InChI is InChI=1S/C8H14O8/c9-1-4-6(12)7(13)8(14,16-4)3-15-2-5(10)11/h4,6-7,9,12-14H,1-3H2,(H,10,11)/t4-,6-,7+,8-/m1/s1. The number of hydrogen-bond acceptors (Lipinski definition) is 7. The Morgan fingerprint density at radius 1 is 1.44 bits per heavy atom. The van der Waals surface area contributed by atoms with E-state index < -0.39 is 49.9 Å². The second kappa shape index (κ2) is 5.04. The Labute approximate surface area is 90.6 Å². The summed E-state index contributed by atoms with van der Waals surface area (Å²) in [6.45, 7) is -1.87. The quantitative estimate of drug-likeness (QED) is 0.339. The van der Waals surface area contributed by atoms with E-state index >= 15 is 0 Å². The first-order valence-electron chi connectivity index (χ1n) is 4.57. The van der Waals surface area contributed by atoms with Crippen molar-refractivity contribution in [3.05, 3.63) is 0 Å². The molecule has 0 aromatic rings. The van der Waals surface area contributed by atoms with Crippen LogP contribution in [0.1, 0.15) is 0 Å². The lowest BCUT2D eigenvalue weighted by Gasteiger charge is -2.25. The minimum Gasteiger partial charge on any atom is -0.480 e. The summed E-state index contributed by atoms with van der Waals surface area (Å²) in [5.74, 6) is -3.45. The molecule has 1 aliphatic heterocycles. The lowest BCUT2D eigenvalue weighted by Crippen LogP contribution is -2.47. The largest absolute Gasteiger partial charge is 0.480 e. The minimum atomic E-state index is -2.21. The maximum atomic E-state index is 10.1. The Balaban J connectivity index is 2.53. The van der Waals surface area contributed by atoms with Crippen LogP contribution in [0.15, 0.2) is 0 Å². The summed E-state index contributed by atoms with van der Waals surface area (Å²) >= 11 is 0. The second-order valence-corrected chi connectivity index (χ2v) is 3.51. The van der Waals surface area contributed by atoms with E-state index in [0.29, 0.717) is 0 Å². The lowest BCUT2D eigenvalue weighted by atomic mass is 10.1. The van der Waals surface area contributed by atoms with Gasteiger partial charge in [0.25, 0.3) is 0 Å². The van der Waals surface area contributed by atoms with Crippen molar-refractivity contribution in [2.75, 3.05) is 19.8 Å². The van der Waals surface area contributed by atoms with Gasteiger partial charge in [-0.1, -0.05) is 0 Å². The average Bonchev–Trinajstić information content (AvgIpc) is 2.43. The zero-order chi connectivity index (χ0) is 12.3. The van der Waals surface area contributed by atoms with E-state index in [4.69, 9.17) is 14.9 Å². The van der Waals surface area contributed by atoms with Gasteiger partial charge in [-0.3, -0.25) is 0 Å². The maximum absolute atomic E-state index is 10.1. The summed E-state index contributed by atoms with van der Waals surface area (Å²) in [5.41, 5.74) is 0. The topological polar surface area (TPSA) is 137 Å². The van der Waals surface area contributed by atoms with Crippen molar-refractivity contribution in [3.8, 4) is 0 Å². The van der Waals surface area contributed by atoms with Crippen LogP contribution in [-0.2, 0) is 14.3 Å². The number of hydrogen-bond donors (Lipinski definition) is 5. The first kappa shape index (κ1) is 13.3. The molecule has 0 saturated carbocycles. The SMILES string of the molecule is O=C(O)COC[C@@]1(O)O[C@H](CO)[C@@H](O)[C@@H]1O. The Hall–Kier alpha value is -0.770. The van der Waals surface area contributed by atoms with Gasteiger partial charge in [-0.05, 0) is 0 Å². The van der Waals surface area contributed by atoms with E-state index in [1.807, 2.05) is 0 Å². The van der Waals surface area contributed by atoms with Gasteiger partial charge in [0, 0.05) is 0 Å². The molecule has 1 heterocycles. The van der Waals surface area contributed by atoms with Crippen LogP contribution < -0.4 is 0 Å². The van der Waals surface area contributed by atoms with Crippen molar-refractivity contribution in [1.29, 1.82) is 0 Å². The Morgan fingerprint density at radius 2 is 2.06 bits per heavy atom. The van der Waals surface area contributed by atoms with E-state index in [-0.39, 0.29) is 0 Å². The van der Waals surface area contributed by atoms with Crippen molar-refractivity contribution >= 4 is 5.97 Å². The highest BCUT2D eigenvalue weighted by Gasteiger charge is 2.53. The van der Waals surface area contributed by atoms with Crippen LogP contribution in [0.3, 0.4) is 0 Å². The number of rotatable bonds is 5. The van der Waals surface area contributed by atoms with Gasteiger partial charge < -0.3 is 35.0 Å². The molecule has 4 atom stereocenters. The van der Waals surface area contributed by atoms with Crippen molar-refractivity contribution in [3.63, 3.8) is 0 Å². The molecule has 0 amide bonds. The number of aliphatic carboxylic acids is 1. The van der Waals surface area contributed by atoms with Crippen LogP contribution in [0.5, 0.6) is 0 Å². The molecule has 0 spiro atoms. The Morgan fingerprint density at radius 3 is 2.50 bits per heavy atom. The zero-order valence-electron chi connectivity index (χ0n) is 8.31. The highest BCUT2D eigenvalue weighted by atomic mass is 16.7. The van der Waals surface area contributed by atoms with Crippen LogP contribution in [0.2, 0.25) is 0 Å². The fourth-order valence-electron chi connectivity index (χ4n) is 1.42. The number of carbonyl (C=O) groups is 1. The highest BCUT2D eigenvalue weighted by Crippen LogP contribution is 2.29. The fraction of sp³-hybridized carbons (Fsp3) is 0.875. The van der Waals surface area contributed by atoms with Gasteiger partial charge in [-0.2, -0.15) is 0 Å². The number of aliphatic hydroxyl groups is 4. The van der Waals surface area contributed by atoms with Gasteiger partial charge in [0.15, 0.2) is 0 Å². The van der Waals surface area contributed by atoms with Crippen molar-refractivity contribution in [2.45, 2.75) is 24.1 Å². The van der Waals surface area contributed by atoms with E-state index in [0.717, 1.165) is 0 Å². The molecule has 0 radical (unpaired) electrons. The molecule has 1 rings (SSSR count). The molecule has 0 aromatic heterocycles. The number of carboxylic acids is 1. The summed E-state index contributed by atoms with van der Waals surface area (Å²) in [5, 5.41) is 45.5. The van der Waals surface area contributed by atoms with Gasteiger partial charge in [-0.15, -0.1) is 0 Å². The van der Waals surface area contributed by atoms with Gasteiger partial charge in [0.05, 0.1) is 6.61 Å².